The number of hydrogen-bond donors (Lipinski definition) is 1. The van der Waals surface area contributed by atoms with Crippen molar-refractivity contribution in [3.8, 4) is 0 Å². The van der Waals surface area contributed by atoms with Gasteiger partial charge in [-0.05, 0) is 35.9 Å². The lowest BCUT2D eigenvalue weighted by atomic mass is 9.88. The number of amides is 1. The molecule has 1 aliphatic rings. The zero-order valence-electron chi connectivity index (χ0n) is 15.3. The molecule has 0 saturated carbocycles. The number of aliphatic hydroxyl groups is 1. The highest BCUT2D eigenvalue weighted by atomic mass is 79.9. The first kappa shape index (κ1) is 19.8. The second-order valence-corrected chi connectivity index (χ2v) is 8.35. The van der Waals surface area contributed by atoms with E-state index in [0.29, 0.717) is 21.8 Å². The Labute approximate surface area is 181 Å². The van der Waals surface area contributed by atoms with Gasteiger partial charge in [0.1, 0.15) is 0 Å². The summed E-state index contributed by atoms with van der Waals surface area (Å²) in [6, 6.07) is 21.1. The normalized spacial score (nSPS) is 18.0. The Morgan fingerprint density at radius 1 is 1.00 bits per heavy atom. The molecule has 146 valence electrons. The molecular weight excluding hydrogens is 454 g/mol. The van der Waals surface area contributed by atoms with E-state index in [0.717, 1.165) is 10.0 Å². The predicted octanol–water partition coefficient (Wildman–Crippen LogP) is 5.11. The highest BCUT2D eigenvalue weighted by Gasteiger charge is 2.50. The van der Waals surface area contributed by atoms with Crippen LogP contribution in [0, 0.1) is 0 Å². The van der Waals surface area contributed by atoms with Crippen molar-refractivity contribution in [3.05, 3.63) is 99.0 Å². The van der Waals surface area contributed by atoms with Gasteiger partial charge >= 0.3 is 0 Å². The molecule has 1 atom stereocenters. The van der Waals surface area contributed by atoms with E-state index >= 15 is 0 Å². The maximum absolute atomic E-state index is 13.3. The van der Waals surface area contributed by atoms with Crippen molar-refractivity contribution in [2.45, 2.75) is 18.6 Å². The van der Waals surface area contributed by atoms with Gasteiger partial charge in [-0.25, -0.2) is 0 Å². The van der Waals surface area contributed by atoms with Crippen molar-refractivity contribution in [3.63, 3.8) is 0 Å². The Morgan fingerprint density at radius 3 is 2.34 bits per heavy atom. The minimum atomic E-state index is -1.90. The van der Waals surface area contributed by atoms with E-state index in [2.05, 4.69) is 15.9 Å². The molecule has 0 aromatic heterocycles. The highest BCUT2D eigenvalue weighted by molar-refractivity contribution is 9.10. The first-order valence-corrected chi connectivity index (χ1v) is 10.2. The second-order valence-electron chi connectivity index (χ2n) is 7.00. The smallest absolute Gasteiger partial charge is 0.264 e. The van der Waals surface area contributed by atoms with Crippen molar-refractivity contribution in [1.29, 1.82) is 0 Å². The summed E-state index contributed by atoms with van der Waals surface area (Å²) in [6.07, 6.45) is -0.318. The van der Waals surface area contributed by atoms with Crippen molar-refractivity contribution in [2.24, 2.45) is 0 Å². The third-order valence-electron chi connectivity index (χ3n) is 5.08. The number of nitrogens with zero attached hydrogens (tertiary/aromatic N) is 1. The highest BCUT2D eigenvalue weighted by Crippen LogP contribution is 2.43. The van der Waals surface area contributed by atoms with E-state index in [-0.39, 0.29) is 18.7 Å². The zero-order chi connectivity index (χ0) is 20.6. The van der Waals surface area contributed by atoms with Gasteiger partial charge in [0.2, 0.25) is 0 Å². The molecule has 4 nitrogen and oxygen atoms in total. The first-order valence-electron chi connectivity index (χ1n) is 9.05. The summed E-state index contributed by atoms with van der Waals surface area (Å²) in [5.74, 6) is -0.796. The molecule has 4 rings (SSSR count). The molecule has 1 aliphatic heterocycles. The number of ketones is 1. The van der Waals surface area contributed by atoms with Crippen molar-refractivity contribution < 1.29 is 14.7 Å². The molecule has 1 heterocycles. The van der Waals surface area contributed by atoms with Crippen LogP contribution in [0.3, 0.4) is 0 Å². The maximum Gasteiger partial charge on any atom is 0.264 e. The Balaban J connectivity index is 1.66. The number of rotatable bonds is 5. The topological polar surface area (TPSA) is 57.6 Å². The Bertz CT molecular complexity index is 1080. The molecule has 0 saturated heterocycles. The van der Waals surface area contributed by atoms with E-state index < -0.39 is 11.5 Å². The molecule has 0 radical (unpaired) electrons. The van der Waals surface area contributed by atoms with Gasteiger partial charge in [0, 0.05) is 20.6 Å². The van der Waals surface area contributed by atoms with Crippen LogP contribution in [0.25, 0.3) is 0 Å². The van der Waals surface area contributed by atoms with Gasteiger partial charge in [0.25, 0.3) is 5.91 Å². The van der Waals surface area contributed by atoms with Crippen LogP contribution in [0.1, 0.15) is 27.9 Å². The van der Waals surface area contributed by atoms with Crippen LogP contribution in [0.5, 0.6) is 0 Å². The SMILES string of the molecule is O=C(C[C@]1(O)C(=O)N(Cc2ccc(Cl)cc2)c2ccccc21)c1ccc(Br)cc1. The standard InChI is InChI=1S/C23H17BrClNO3/c24-17-9-7-16(8-10-17)21(27)13-23(29)19-3-1-2-4-20(19)26(22(23)28)14-15-5-11-18(25)12-6-15/h1-12,29H,13-14H2/t23-/m1/s1. The average Bonchev–Trinajstić information content (AvgIpc) is 2.92. The summed E-state index contributed by atoms with van der Waals surface area (Å²) in [7, 11) is 0. The zero-order valence-corrected chi connectivity index (χ0v) is 17.7. The predicted molar refractivity (Wildman–Crippen MR) is 116 cm³/mol. The quantitative estimate of drug-likeness (QED) is 0.527. The molecule has 0 spiro atoms. The lowest BCUT2D eigenvalue weighted by Gasteiger charge is -2.23. The van der Waals surface area contributed by atoms with Gasteiger partial charge < -0.3 is 10.0 Å². The fraction of sp³-hybridized carbons (Fsp3) is 0.130. The fourth-order valence-electron chi connectivity index (χ4n) is 3.58. The second kappa shape index (κ2) is 7.75. The van der Waals surface area contributed by atoms with Crippen molar-refractivity contribution in [2.75, 3.05) is 4.90 Å². The number of benzene rings is 3. The molecule has 0 fully saturated rings. The van der Waals surface area contributed by atoms with Crippen LogP contribution in [0.2, 0.25) is 5.02 Å². The summed E-state index contributed by atoms with van der Waals surface area (Å²) in [5.41, 5.74) is 0.486. The molecule has 6 heteroatoms. The Kier molecular flexibility index (Phi) is 5.30. The molecule has 3 aromatic rings. The molecule has 0 bridgehead atoms. The lowest BCUT2D eigenvalue weighted by molar-refractivity contribution is -0.136. The monoisotopic (exact) mass is 469 g/mol. The van der Waals surface area contributed by atoms with E-state index in [9.17, 15) is 14.7 Å². The Morgan fingerprint density at radius 2 is 1.66 bits per heavy atom. The summed E-state index contributed by atoms with van der Waals surface area (Å²) in [4.78, 5) is 27.6. The minimum Gasteiger partial charge on any atom is -0.375 e. The number of halogens is 2. The number of hydrogen-bond acceptors (Lipinski definition) is 3. The largest absolute Gasteiger partial charge is 0.375 e. The maximum atomic E-state index is 13.3. The number of Topliss-reactive ketones (excluding diaryl/α,β-unsaturated/α-hetero) is 1. The van der Waals surface area contributed by atoms with Crippen LogP contribution in [0.4, 0.5) is 5.69 Å². The van der Waals surface area contributed by atoms with E-state index in [4.69, 9.17) is 11.6 Å². The van der Waals surface area contributed by atoms with Gasteiger partial charge in [0.15, 0.2) is 11.4 Å². The average molecular weight is 471 g/mol. The molecular formula is C23H17BrClNO3. The number of carbonyl (C=O) groups is 2. The van der Waals surface area contributed by atoms with Gasteiger partial charge in [0.05, 0.1) is 18.7 Å². The summed E-state index contributed by atoms with van der Waals surface area (Å²) in [5, 5.41) is 12.0. The van der Waals surface area contributed by atoms with Gasteiger partial charge in [-0.1, -0.05) is 70.0 Å². The molecule has 1 N–H and O–H groups in total. The van der Waals surface area contributed by atoms with E-state index in [1.54, 1.807) is 54.6 Å². The summed E-state index contributed by atoms with van der Waals surface area (Å²) < 4.78 is 0.851. The minimum absolute atomic E-state index is 0.280. The Hall–Kier alpha value is -2.47. The number of para-hydroxylation sites is 1. The fourth-order valence-corrected chi connectivity index (χ4v) is 3.97. The van der Waals surface area contributed by atoms with Crippen molar-refractivity contribution in [1.82, 2.24) is 0 Å². The number of anilines is 1. The van der Waals surface area contributed by atoms with E-state index in [1.807, 2.05) is 18.2 Å². The van der Waals surface area contributed by atoms with Gasteiger partial charge in [-0.2, -0.15) is 0 Å². The summed E-state index contributed by atoms with van der Waals surface area (Å²) >= 11 is 9.29. The lowest BCUT2D eigenvalue weighted by Crippen LogP contribution is -2.41. The van der Waals surface area contributed by atoms with Crippen LogP contribution >= 0.6 is 27.5 Å². The molecule has 0 unspecified atom stereocenters. The summed E-state index contributed by atoms with van der Waals surface area (Å²) in [6.45, 7) is 0.280. The molecule has 0 aliphatic carbocycles. The van der Waals surface area contributed by atoms with E-state index in [1.165, 1.54) is 4.90 Å². The first-order chi connectivity index (χ1) is 13.9. The van der Waals surface area contributed by atoms with Crippen LogP contribution in [-0.2, 0) is 16.9 Å². The van der Waals surface area contributed by atoms with Crippen LogP contribution < -0.4 is 4.90 Å². The van der Waals surface area contributed by atoms with Gasteiger partial charge in [-0.3, -0.25) is 9.59 Å². The van der Waals surface area contributed by atoms with Crippen LogP contribution in [0.15, 0.2) is 77.3 Å². The molecule has 1 amide bonds. The van der Waals surface area contributed by atoms with Gasteiger partial charge in [-0.15, -0.1) is 0 Å². The third-order valence-corrected chi connectivity index (χ3v) is 5.86. The number of carbonyl (C=O) groups excluding carboxylic acids is 2. The number of fused-ring (bicyclic) bond motifs is 1. The van der Waals surface area contributed by atoms with Crippen LogP contribution in [-0.4, -0.2) is 16.8 Å². The van der Waals surface area contributed by atoms with Crippen molar-refractivity contribution >= 4 is 44.9 Å². The molecule has 29 heavy (non-hydrogen) atoms. The third kappa shape index (κ3) is 3.73. The molecule has 3 aromatic carbocycles.